The highest BCUT2D eigenvalue weighted by molar-refractivity contribution is 5.71. The minimum Gasteiger partial charge on any atom is -0.462 e. The zero-order valence-corrected chi connectivity index (χ0v) is 43.4. The lowest BCUT2D eigenvalue weighted by molar-refractivity contribution is -0.167. The lowest BCUT2D eigenvalue weighted by Crippen LogP contribution is -2.30. The van der Waals surface area contributed by atoms with Crippen molar-refractivity contribution in [1.82, 2.24) is 0 Å². The van der Waals surface area contributed by atoms with E-state index in [1.165, 1.54) is 135 Å². The Bertz CT molecular complexity index is 1240. The van der Waals surface area contributed by atoms with Crippen molar-refractivity contribution < 1.29 is 28.6 Å². The van der Waals surface area contributed by atoms with Gasteiger partial charge in [0.1, 0.15) is 13.2 Å². The van der Waals surface area contributed by atoms with Gasteiger partial charge in [-0.05, 0) is 89.9 Å². The molecular weight excluding hydrogens is 817 g/mol. The molecule has 1 unspecified atom stereocenters. The summed E-state index contributed by atoms with van der Waals surface area (Å²) in [5.41, 5.74) is 0. The highest BCUT2D eigenvalue weighted by atomic mass is 16.6. The third-order valence-corrected chi connectivity index (χ3v) is 11.9. The molecule has 0 aromatic carbocycles. The van der Waals surface area contributed by atoms with E-state index >= 15 is 0 Å². The molecular formula is C60H104O6. The maximum Gasteiger partial charge on any atom is 0.306 e. The highest BCUT2D eigenvalue weighted by Crippen LogP contribution is 2.15. The van der Waals surface area contributed by atoms with Gasteiger partial charge in [-0.25, -0.2) is 0 Å². The van der Waals surface area contributed by atoms with Gasteiger partial charge >= 0.3 is 17.9 Å². The molecule has 0 bridgehead atoms. The van der Waals surface area contributed by atoms with E-state index in [0.717, 1.165) is 96.3 Å². The van der Waals surface area contributed by atoms with Crippen LogP contribution in [0, 0.1) is 0 Å². The van der Waals surface area contributed by atoms with Crippen molar-refractivity contribution in [2.75, 3.05) is 13.2 Å². The predicted octanol–water partition coefficient (Wildman–Crippen LogP) is 18.6. The van der Waals surface area contributed by atoms with Crippen LogP contribution in [0.25, 0.3) is 0 Å². The number of allylic oxidation sites excluding steroid dienone is 12. The van der Waals surface area contributed by atoms with Crippen LogP contribution in [-0.2, 0) is 28.6 Å². The van der Waals surface area contributed by atoms with Crippen LogP contribution in [0.15, 0.2) is 72.9 Å². The molecule has 0 spiro atoms. The van der Waals surface area contributed by atoms with Gasteiger partial charge in [-0.1, -0.05) is 235 Å². The van der Waals surface area contributed by atoms with E-state index in [0.29, 0.717) is 19.3 Å². The van der Waals surface area contributed by atoms with Crippen LogP contribution < -0.4 is 0 Å². The summed E-state index contributed by atoms with van der Waals surface area (Å²) < 4.78 is 16.8. The Labute approximate surface area is 408 Å². The average molecular weight is 921 g/mol. The molecule has 0 saturated carbocycles. The van der Waals surface area contributed by atoms with Crippen molar-refractivity contribution in [3.05, 3.63) is 72.9 Å². The Balaban J connectivity index is 4.24. The van der Waals surface area contributed by atoms with E-state index in [9.17, 15) is 14.4 Å². The quantitative estimate of drug-likeness (QED) is 0.0262. The number of carbonyl (C=O) groups is 3. The first-order valence-electron chi connectivity index (χ1n) is 27.9. The maximum atomic E-state index is 12.8. The maximum absolute atomic E-state index is 12.8. The molecule has 6 heteroatoms. The normalized spacial score (nSPS) is 12.6. The van der Waals surface area contributed by atoms with E-state index < -0.39 is 6.10 Å². The Kier molecular flexibility index (Phi) is 51.9. The Hall–Kier alpha value is -3.15. The third-order valence-electron chi connectivity index (χ3n) is 11.9. The summed E-state index contributed by atoms with van der Waals surface area (Å²) in [6.45, 7) is 6.48. The summed E-state index contributed by atoms with van der Waals surface area (Å²) in [5, 5.41) is 0. The van der Waals surface area contributed by atoms with Crippen molar-refractivity contribution in [3.63, 3.8) is 0 Å². The van der Waals surface area contributed by atoms with Crippen LogP contribution in [0.4, 0.5) is 0 Å². The van der Waals surface area contributed by atoms with Crippen LogP contribution in [0.2, 0.25) is 0 Å². The lowest BCUT2D eigenvalue weighted by Gasteiger charge is -2.18. The number of esters is 3. The molecule has 66 heavy (non-hydrogen) atoms. The second-order valence-corrected chi connectivity index (χ2v) is 18.5. The number of unbranched alkanes of at least 4 members (excludes halogenated alkanes) is 27. The van der Waals surface area contributed by atoms with Gasteiger partial charge in [0.15, 0.2) is 6.10 Å². The van der Waals surface area contributed by atoms with E-state index in [-0.39, 0.29) is 31.1 Å². The first-order valence-corrected chi connectivity index (χ1v) is 27.9. The molecule has 0 heterocycles. The molecule has 0 aliphatic heterocycles. The van der Waals surface area contributed by atoms with Crippen molar-refractivity contribution >= 4 is 17.9 Å². The zero-order chi connectivity index (χ0) is 47.9. The van der Waals surface area contributed by atoms with Crippen LogP contribution >= 0.6 is 0 Å². The minimum atomic E-state index is -0.778. The number of rotatable bonds is 50. The van der Waals surface area contributed by atoms with E-state index in [1.807, 2.05) is 0 Å². The molecule has 0 amide bonds. The van der Waals surface area contributed by atoms with Gasteiger partial charge in [0, 0.05) is 19.3 Å². The predicted molar refractivity (Wildman–Crippen MR) is 284 cm³/mol. The number of ether oxygens (including phenoxy) is 3. The fourth-order valence-corrected chi connectivity index (χ4v) is 7.76. The van der Waals surface area contributed by atoms with Crippen LogP contribution in [0.1, 0.15) is 271 Å². The first kappa shape index (κ1) is 62.8. The van der Waals surface area contributed by atoms with Gasteiger partial charge in [-0.15, -0.1) is 0 Å². The first-order chi connectivity index (χ1) is 32.5. The molecule has 380 valence electrons. The molecule has 1 atom stereocenters. The van der Waals surface area contributed by atoms with Gasteiger partial charge in [-0.3, -0.25) is 14.4 Å². The molecule has 0 aromatic heterocycles. The lowest BCUT2D eigenvalue weighted by atomic mass is 10.1. The molecule has 0 saturated heterocycles. The van der Waals surface area contributed by atoms with E-state index in [1.54, 1.807) is 0 Å². The summed E-state index contributed by atoms with van der Waals surface area (Å²) in [7, 11) is 0. The SMILES string of the molecule is CC/C=C\C/C=C\C/C=C\C/C=C\CCCCCCCCCCCCC(=O)OCC(COC(=O)CCCCCCCCCC)OC(=O)CCCCCCCCC/C=C\C/C=C\CCCCC. The number of hydrogen-bond donors (Lipinski definition) is 0. The average Bonchev–Trinajstić information content (AvgIpc) is 3.31. The second kappa shape index (κ2) is 54.5. The Morgan fingerprint density at radius 2 is 0.591 bits per heavy atom. The van der Waals surface area contributed by atoms with E-state index in [2.05, 4.69) is 93.7 Å². The van der Waals surface area contributed by atoms with Gasteiger partial charge in [0.05, 0.1) is 0 Å². The fourth-order valence-electron chi connectivity index (χ4n) is 7.76. The highest BCUT2D eigenvalue weighted by Gasteiger charge is 2.19. The minimum absolute atomic E-state index is 0.0783. The molecule has 0 N–H and O–H groups in total. The van der Waals surface area contributed by atoms with Crippen LogP contribution in [-0.4, -0.2) is 37.2 Å². The third kappa shape index (κ3) is 51.8. The number of carbonyl (C=O) groups excluding carboxylic acids is 3. The Morgan fingerprint density at radius 1 is 0.318 bits per heavy atom. The van der Waals surface area contributed by atoms with Crippen molar-refractivity contribution in [2.45, 2.75) is 277 Å². The smallest absolute Gasteiger partial charge is 0.306 e. The van der Waals surface area contributed by atoms with Crippen molar-refractivity contribution in [1.29, 1.82) is 0 Å². The fraction of sp³-hybridized carbons (Fsp3) is 0.750. The zero-order valence-electron chi connectivity index (χ0n) is 43.4. The Morgan fingerprint density at radius 3 is 0.955 bits per heavy atom. The topological polar surface area (TPSA) is 78.9 Å². The van der Waals surface area contributed by atoms with E-state index in [4.69, 9.17) is 14.2 Å². The van der Waals surface area contributed by atoms with Gasteiger partial charge in [-0.2, -0.15) is 0 Å². The molecule has 6 nitrogen and oxygen atoms in total. The largest absolute Gasteiger partial charge is 0.462 e. The van der Waals surface area contributed by atoms with Gasteiger partial charge in [0.2, 0.25) is 0 Å². The van der Waals surface area contributed by atoms with Crippen LogP contribution in [0.5, 0.6) is 0 Å². The second-order valence-electron chi connectivity index (χ2n) is 18.5. The summed E-state index contributed by atoms with van der Waals surface area (Å²) in [4.78, 5) is 38.0. The summed E-state index contributed by atoms with van der Waals surface area (Å²) >= 11 is 0. The molecule has 0 radical (unpaired) electrons. The molecule has 0 rings (SSSR count). The standard InChI is InChI=1S/C60H104O6/c1-4-7-10-13-16-19-21-23-25-27-28-29-30-31-32-34-35-37-39-41-44-47-50-53-59(62)65-56-57(55-64-58(61)52-49-46-43-18-15-12-9-6-3)66-60(63)54-51-48-45-42-40-38-36-33-26-24-22-20-17-14-11-8-5-2/h7,10,16-17,19-20,23-26,28-29,57H,4-6,8-9,11-15,18,21-22,27,30-56H2,1-3H3/b10-7-,19-16-,20-17-,25-23-,26-24-,29-28-. The summed E-state index contributed by atoms with van der Waals surface area (Å²) in [6.07, 6.45) is 69.0. The van der Waals surface area contributed by atoms with Gasteiger partial charge < -0.3 is 14.2 Å². The molecule has 0 aliphatic carbocycles. The van der Waals surface area contributed by atoms with Crippen molar-refractivity contribution in [3.8, 4) is 0 Å². The summed E-state index contributed by atoms with van der Waals surface area (Å²) in [5.74, 6) is -0.889. The summed E-state index contributed by atoms with van der Waals surface area (Å²) in [6, 6.07) is 0. The van der Waals surface area contributed by atoms with Gasteiger partial charge in [0.25, 0.3) is 0 Å². The molecule has 0 aliphatic rings. The van der Waals surface area contributed by atoms with Crippen LogP contribution in [0.3, 0.4) is 0 Å². The monoisotopic (exact) mass is 921 g/mol. The van der Waals surface area contributed by atoms with Crippen molar-refractivity contribution in [2.24, 2.45) is 0 Å². The molecule has 0 aromatic rings. The number of hydrogen-bond acceptors (Lipinski definition) is 6. The molecule has 0 fully saturated rings.